The molecule has 0 bridgehead atoms. The van der Waals surface area contributed by atoms with Gasteiger partial charge in [-0.05, 0) is 84.3 Å². The van der Waals surface area contributed by atoms with Gasteiger partial charge in [-0.15, -0.1) is 0 Å². The second kappa shape index (κ2) is 11.5. The molecule has 4 aromatic carbocycles. The average molecular weight is 514 g/mol. The first-order valence-corrected chi connectivity index (χ1v) is 12.2. The molecule has 4 aromatic rings. The van der Waals surface area contributed by atoms with Gasteiger partial charge in [0.2, 0.25) is 0 Å². The zero-order chi connectivity index (χ0) is 23.3. The SMILES string of the molecule is Oc1cc2ccccc2cc1C=NC1CCC1.Oc1cc2ccccc2cc1C=NC1CCC1.[Cu]. The Labute approximate surface area is 216 Å². The van der Waals surface area contributed by atoms with Crippen LogP contribution >= 0.6 is 0 Å². The minimum Gasteiger partial charge on any atom is -0.507 e. The van der Waals surface area contributed by atoms with Gasteiger partial charge in [0.25, 0.3) is 0 Å². The summed E-state index contributed by atoms with van der Waals surface area (Å²) in [6.07, 6.45) is 10.9. The third kappa shape index (κ3) is 6.11. The van der Waals surface area contributed by atoms with E-state index in [0.29, 0.717) is 23.6 Å². The normalized spacial score (nSPS) is 16.0. The molecule has 0 spiro atoms. The van der Waals surface area contributed by atoms with E-state index in [1.165, 1.54) is 38.5 Å². The topological polar surface area (TPSA) is 65.2 Å². The van der Waals surface area contributed by atoms with Crippen LogP contribution in [0.15, 0.2) is 82.8 Å². The Hall–Kier alpha value is -3.14. The van der Waals surface area contributed by atoms with Crippen molar-refractivity contribution in [3.63, 3.8) is 0 Å². The number of aromatic hydroxyl groups is 2. The molecule has 0 aliphatic heterocycles. The van der Waals surface area contributed by atoms with E-state index in [2.05, 4.69) is 22.1 Å². The van der Waals surface area contributed by atoms with Gasteiger partial charge in [-0.1, -0.05) is 48.5 Å². The monoisotopic (exact) mass is 513 g/mol. The molecule has 0 unspecified atom stereocenters. The Morgan fingerprint density at radius 1 is 0.571 bits per heavy atom. The summed E-state index contributed by atoms with van der Waals surface area (Å²) in [5.74, 6) is 0.624. The van der Waals surface area contributed by atoms with E-state index >= 15 is 0 Å². The number of rotatable bonds is 4. The van der Waals surface area contributed by atoms with Crippen molar-refractivity contribution >= 4 is 34.0 Å². The van der Waals surface area contributed by atoms with Gasteiger partial charge >= 0.3 is 0 Å². The van der Waals surface area contributed by atoms with Crippen LogP contribution in [-0.2, 0) is 17.1 Å². The predicted octanol–water partition coefficient (Wildman–Crippen LogP) is 7.03. The molecule has 2 aliphatic rings. The van der Waals surface area contributed by atoms with Crippen molar-refractivity contribution in [1.29, 1.82) is 0 Å². The number of hydrogen-bond donors (Lipinski definition) is 2. The Bertz CT molecular complexity index is 1250. The molecule has 0 amide bonds. The Morgan fingerprint density at radius 3 is 1.23 bits per heavy atom. The quantitative estimate of drug-likeness (QED) is 0.227. The summed E-state index contributed by atoms with van der Waals surface area (Å²) in [4.78, 5) is 8.96. The van der Waals surface area contributed by atoms with Crippen molar-refractivity contribution in [1.82, 2.24) is 0 Å². The van der Waals surface area contributed by atoms with Gasteiger partial charge in [0.1, 0.15) is 11.5 Å². The molecular weight excluding hydrogens is 484 g/mol. The van der Waals surface area contributed by atoms with Gasteiger partial charge < -0.3 is 10.2 Å². The molecule has 0 atom stereocenters. The van der Waals surface area contributed by atoms with Crippen molar-refractivity contribution in [2.24, 2.45) is 9.98 Å². The molecule has 183 valence electrons. The van der Waals surface area contributed by atoms with Crippen molar-refractivity contribution in [3.05, 3.63) is 83.9 Å². The first kappa shape index (κ1) is 25.0. The van der Waals surface area contributed by atoms with Gasteiger partial charge in [-0.2, -0.15) is 0 Å². The van der Waals surface area contributed by atoms with E-state index in [4.69, 9.17) is 0 Å². The van der Waals surface area contributed by atoms with Crippen molar-refractivity contribution in [2.75, 3.05) is 0 Å². The fourth-order valence-electron chi connectivity index (χ4n) is 4.14. The number of hydrogen-bond acceptors (Lipinski definition) is 4. The molecule has 0 saturated heterocycles. The van der Waals surface area contributed by atoms with Crippen molar-refractivity contribution in [3.8, 4) is 11.5 Å². The minimum atomic E-state index is 0. The first-order valence-electron chi connectivity index (χ1n) is 12.2. The molecular formula is C30H30CuN2O2. The summed E-state index contributed by atoms with van der Waals surface area (Å²) in [6, 6.07) is 24.6. The number of nitrogens with zero attached hydrogens (tertiary/aromatic N) is 2. The molecule has 0 heterocycles. The number of benzene rings is 4. The van der Waals surface area contributed by atoms with Crippen LogP contribution in [0, 0.1) is 0 Å². The Kier molecular flexibility index (Phi) is 8.22. The smallest absolute Gasteiger partial charge is 0.124 e. The van der Waals surface area contributed by atoms with Gasteiger partial charge in [-0.25, -0.2) is 0 Å². The summed E-state index contributed by atoms with van der Waals surface area (Å²) < 4.78 is 0. The van der Waals surface area contributed by atoms with E-state index in [1.807, 2.05) is 61.0 Å². The van der Waals surface area contributed by atoms with Crippen LogP contribution in [-0.4, -0.2) is 34.7 Å². The molecule has 2 N–H and O–H groups in total. The van der Waals surface area contributed by atoms with E-state index in [-0.39, 0.29) is 17.1 Å². The number of phenolic OH excluding ortho intramolecular Hbond substituents is 2. The average Bonchev–Trinajstić information content (AvgIpc) is 2.78. The van der Waals surface area contributed by atoms with Gasteiger partial charge in [-0.3, -0.25) is 9.98 Å². The van der Waals surface area contributed by atoms with Crippen LogP contribution in [0.2, 0.25) is 0 Å². The molecule has 4 nitrogen and oxygen atoms in total. The summed E-state index contributed by atoms with van der Waals surface area (Å²) in [6.45, 7) is 0. The summed E-state index contributed by atoms with van der Waals surface area (Å²) in [5.41, 5.74) is 1.63. The van der Waals surface area contributed by atoms with Crippen LogP contribution < -0.4 is 0 Å². The maximum atomic E-state index is 9.92. The standard InChI is InChI=1S/2C15H15NO.Cu/c2*17-15-9-12-5-2-1-4-11(12)8-13(15)10-16-14-6-3-7-14;/h2*1-2,4-5,8-10,14,17H,3,6-7H2;. The van der Waals surface area contributed by atoms with Crippen LogP contribution in [0.25, 0.3) is 21.5 Å². The third-order valence-electron chi connectivity index (χ3n) is 6.79. The summed E-state index contributed by atoms with van der Waals surface area (Å²) >= 11 is 0. The molecule has 0 aromatic heterocycles. The molecule has 2 fully saturated rings. The maximum absolute atomic E-state index is 9.92. The molecule has 2 saturated carbocycles. The molecule has 2 aliphatic carbocycles. The van der Waals surface area contributed by atoms with E-state index in [1.54, 1.807) is 12.1 Å². The molecule has 5 heteroatoms. The first-order chi connectivity index (χ1) is 16.7. The van der Waals surface area contributed by atoms with Crippen LogP contribution in [0.4, 0.5) is 0 Å². The molecule has 1 radical (unpaired) electrons. The summed E-state index contributed by atoms with van der Waals surface area (Å²) in [7, 11) is 0. The van der Waals surface area contributed by atoms with Crippen molar-refractivity contribution in [2.45, 2.75) is 50.6 Å². The van der Waals surface area contributed by atoms with E-state index in [0.717, 1.165) is 32.7 Å². The Morgan fingerprint density at radius 2 is 0.914 bits per heavy atom. The second-order valence-corrected chi connectivity index (χ2v) is 9.24. The predicted molar refractivity (Wildman–Crippen MR) is 142 cm³/mol. The van der Waals surface area contributed by atoms with Gasteiger partial charge in [0, 0.05) is 52.7 Å². The van der Waals surface area contributed by atoms with Crippen molar-refractivity contribution < 1.29 is 27.3 Å². The van der Waals surface area contributed by atoms with Crippen LogP contribution in [0.5, 0.6) is 11.5 Å². The zero-order valence-corrected chi connectivity index (χ0v) is 20.5. The molecule has 35 heavy (non-hydrogen) atoms. The molecule has 6 rings (SSSR count). The number of fused-ring (bicyclic) bond motifs is 2. The minimum absolute atomic E-state index is 0. The second-order valence-electron chi connectivity index (χ2n) is 9.24. The largest absolute Gasteiger partial charge is 0.507 e. The van der Waals surface area contributed by atoms with E-state index in [9.17, 15) is 10.2 Å². The fraction of sp³-hybridized carbons (Fsp3) is 0.267. The van der Waals surface area contributed by atoms with Gasteiger partial charge in [0.15, 0.2) is 0 Å². The van der Waals surface area contributed by atoms with Crippen LogP contribution in [0.3, 0.4) is 0 Å². The summed E-state index contributed by atoms with van der Waals surface area (Å²) in [5, 5.41) is 24.2. The van der Waals surface area contributed by atoms with E-state index < -0.39 is 0 Å². The fourth-order valence-corrected chi connectivity index (χ4v) is 4.14. The van der Waals surface area contributed by atoms with Crippen LogP contribution in [0.1, 0.15) is 49.7 Å². The number of aliphatic imine (C=N–C) groups is 2. The van der Waals surface area contributed by atoms with Gasteiger partial charge in [0.05, 0.1) is 0 Å². The third-order valence-corrected chi connectivity index (χ3v) is 6.79. The Balaban J connectivity index is 0.000000160. The zero-order valence-electron chi connectivity index (χ0n) is 19.6. The number of phenols is 2. The maximum Gasteiger partial charge on any atom is 0.124 e.